The van der Waals surface area contributed by atoms with Crippen molar-refractivity contribution in [2.45, 2.75) is 18.4 Å². The molecule has 4 aromatic carbocycles. The van der Waals surface area contributed by atoms with Gasteiger partial charge in [0.25, 0.3) is 5.65 Å². The Kier molecular flexibility index (Phi) is 2.96. The van der Waals surface area contributed by atoms with Crippen molar-refractivity contribution in [1.82, 2.24) is 4.40 Å². The van der Waals surface area contributed by atoms with Crippen LogP contribution in [0.2, 0.25) is 0 Å². The molecule has 0 bridgehead atoms. The van der Waals surface area contributed by atoms with Crippen LogP contribution < -0.4 is 4.57 Å². The molecule has 0 unspecified atom stereocenters. The summed E-state index contributed by atoms with van der Waals surface area (Å²) in [6, 6.07) is 35.9. The lowest BCUT2D eigenvalue weighted by Gasteiger charge is -2.37. The third kappa shape index (κ3) is 1.82. The van der Waals surface area contributed by atoms with E-state index in [9.17, 15) is 0 Å². The molecule has 0 N–H and O–H groups in total. The second-order valence-corrected chi connectivity index (χ2v) is 9.26. The summed E-state index contributed by atoms with van der Waals surface area (Å²) in [6.45, 7) is 0.964. The number of nitrogens with zero attached hydrogens (tertiary/aromatic N) is 2. The molecule has 0 aliphatic carbocycles. The van der Waals surface area contributed by atoms with Gasteiger partial charge in [0.1, 0.15) is 18.3 Å². The minimum absolute atomic E-state index is 0.217. The molecule has 2 aromatic heterocycles. The maximum atomic E-state index is 2.56. The average molecular weight is 410 g/mol. The molecule has 0 saturated carbocycles. The zero-order valence-corrected chi connectivity index (χ0v) is 17.6. The normalized spacial score (nSPS) is 15.5. The van der Waals surface area contributed by atoms with Crippen molar-refractivity contribution in [3.05, 3.63) is 131 Å². The topological polar surface area (TPSA) is 8.29 Å². The van der Waals surface area contributed by atoms with E-state index in [0.29, 0.717) is 0 Å². The van der Waals surface area contributed by atoms with E-state index in [1.807, 2.05) is 0 Å². The van der Waals surface area contributed by atoms with Gasteiger partial charge in [-0.15, -0.1) is 0 Å². The molecule has 0 spiro atoms. The Hall–Kier alpha value is -3.91. The number of para-hydroxylation sites is 1. The van der Waals surface area contributed by atoms with Crippen LogP contribution in [0.3, 0.4) is 0 Å². The quantitative estimate of drug-likeness (QED) is 0.252. The zero-order valence-electron chi connectivity index (χ0n) is 17.6. The SMILES string of the molecule is c1ccc(C2(c3ccccc3)Cc3c[n+]4c5c6c(cccc6c6cccc2c6n35)C4)cc1. The van der Waals surface area contributed by atoms with Crippen molar-refractivity contribution in [1.29, 1.82) is 0 Å². The van der Waals surface area contributed by atoms with Gasteiger partial charge in [-0.25, -0.2) is 4.57 Å². The van der Waals surface area contributed by atoms with Gasteiger partial charge in [-0.05, 0) is 11.1 Å². The average Bonchev–Trinajstić information content (AvgIpc) is 3.40. The van der Waals surface area contributed by atoms with Crippen LogP contribution in [0, 0.1) is 0 Å². The summed E-state index contributed by atoms with van der Waals surface area (Å²) in [5.41, 5.74) is 9.46. The fourth-order valence-electron chi connectivity index (χ4n) is 6.56. The number of pyridine rings is 1. The lowest BCUT2D eigenvalue weighted by atomic mass is 9.65. The van der Waals surface area contributed by atoms with Crippen LogP contribution in [0.4, 0.5) is 0 Å². The molecular weight excluding hydrogens is 388 g/mol. The van der Waals surface area contributed by atoms with E-state index in [-0.39, 0.29) is 5.41 Å². The molecule has 0 saturated heterocycles. The number of aromatic nitrogens is 2. The first-order chi connectivity index (χ1) is 15.9. The van der Waals surface area contributed by atoms with Gasteiger partial charge in [-0.2, -0.15) is 4.40 Å². The Morgan fingerprint density at radius 3 is 2.12 bits per heavy atom. The van der Waals surface area contributed by atoms with Crippen LogP contribution in [0.15, 0.2) is 103 Å². The molecule has 6 aromatic rings. The Morgan fingerprint density at radius 2 is 1.38 bits per heavy atom. The van der Waals surface area contributed by atoms with E-state index in [1.165, 1.54) is 55.3 Å². The predicted molar refractivity (Wildman–Crippen MR) is 128 cm³/mol. The standard InChI is InChI=1S/C30H21N2/c1-3-10-21(11-4-1)30(22-12-5-2-6-13-22)17-23-19-31-18-20-9-7-14-24-25-15-8-16-26(30)28(25)32(23)29(31)27(20)24/h1-16,19H,17-18H2/q+1. The Labute approximate surface area is 186 Å². The summed E-state index contributed by atoms with van der Waals surface area (Å²) in [7, 11) is 0. The highest BCUT2D eigenvalue weighted by atomic mass is 15.1. The number of imidazole rings is 1. The highest BCUT2D eigenvalue weighted by molar-refractivity contribution is 6.14. The molecule has 0 amide bonds. The van der Waals surface area contributed by atoms with E-state index in [2.05, 4.69) is 112 Å². The molecule has 0 fully saturated rings. The first-order valence-electron chi connectivity index (χ1n) is 11.4. The monoisotopic (exact) mass is 409 g/mol. The van der Waals surface area contributed by atoms with E-state index < -0.39 is 0 Å². The van der Waals surface area contributed by atoms with E-state index in [4.69, 9.17) is 0 Å². The van der Waals surface area contributed by atoms with Crippen molar-refractivity contribution >= 4 is 27.3 Å². The molecule has 8 rings (SSSR count). The minimum atomic E-state index is -0.217. The molecular formula is C30H21N2+. The number of hydrogen-bond acceptors (Lipinski definition) is 0. The molecule has 0 radical (unpaired) electrons. The fourth-order valence-corrected chi connectivity index (χ4v) is 6.56. The second-order valence-electron chi connectivity index (χ2n) is 9.26. The molecule has 2 nitrogen and oxygen atoms in total. The van der Waals surface area contributed by atoms with Crippen LogP contribution in [0.25, 0.3) is 27.3 Å². The Bertz CT molecular complexity index is 1670. The van der Waals surface area contributed by atoms with Crippen molar-refractivity contribution < 1.29 is 4.57 Å². The molecule has 0 atom stereocenters. The van der Waals surface area contributed by atoms with Gasteiger partial charge in [-0.3, -0.25) is 0 Å². The van der Waals surface area contributed by atoms with Gasteiger partial charge in [0.05, 0.1) is 10.8 Å². The summed E-state index contributed by atoms with van der Waals surface area (Å²) < 4.78 is 5.03. The maximum absolute atomic E-state index is 2.56. The van der Waals surface area contributed by atoms with Gasteiger partial charge in [0, 0.05) is 28.3 Å². The van der Waals surface area contributed by atoms with E-state index >= 15 is 0 Å². The van der Waals surface area contributed by atoms with Crippen LogP contribution in [0.5, 0.6) is 0 Å². The van der Waals surface area contributed by atoms with Crippen LogP contribution in [-0.2, 0) is 18.4 Å². The number of rotatable bonds is 2. The first kappa shape index (κ1) is 16.7. The zero-order chi connectivity index (χ0) is 20.9. The fraction of sp³-hybridized carbons (Fsp3) is 0.100. The molecule has 2 aliphatic heterocycles. The van der Waals surface area contributed by atoms with E-state index in [1.54, 1.807) is 0 Å². The summed E-state index contributed by atoms with van der Waals surface area (Å²) in [4.78, 5) is 0. The Morgan fingerprint density at radius 1 is 0.688 bits per heavy atom. The van der Waals surface area contributed by atoms with Gasteiger partial charge in [0.15, 0.2) is 5.69 Å². The number of benzene rings is 4. The molecule has 32 heavy (non-hydrogen) atoms. The largest absolute Gasteiger partial charge is 0.295 e. The van der Waals surface area contributed by atoms with Crippen molar-refractivity contribution in [2.75, 3.05) is 0 Å². The Balaban J connectivity index is 1.64. The summed E-state index contributed by atoms with van der Waals surface area (Å²) in [6.07, 6.45) is 3.36. The van der Waals surface area contributed by atoms with Crippen LogP contribution in [0.1, 0.15) is 27.9 Å². The van der Waals surface area contributed by atoms with Crippen molar-refractivity contribution in [3.63, 3.8) is 0 Å². The third-order valence-corrected chi connectivity index (χ3v) is 7.78. The van der Waals surface area contributed by atoms with Gasteiger partial charge in [0.2, 0.25) is 0 Å². The van der Waals surface area contributed by atoms with Gasteiger partial charge < -0.3 is 0 Å². The lowest BCUT2D eigenvalue weighted by molar-refractivity contribution is -0.657. The molecule has 4 heterocycles. The smallest absolute Gasteiger partial charge is 0.225 e. The molecule has 2 aliphatic rings. The highest BCUT2D eigenvalue weighted by Gasteiger charge is 2.46. The van der Waals surface area contributed by atoms with E-state index in [0.717, 1.165) is 13.0 Å². The number of hydrogen-bond donors (Lipinski definition) is 0. The predicted octanol–water partition coefficient (Wildman–Crippen LogP) is 5.79. The number of fused-ring (bicyclic) bond motifs is 1. The van der Waals surface area contributed by atoms with Gasteiger partial charge >= 0.3 is 0 Å². The van der Waals surface area contributed by atoms with Crippen LogP contribution >= 0.6 is 0 Å². The lowest BCUT2D eigenvalue weighted by Crippen LogP contribution is -2.35. The third-order valence-electron chi connectivity index (χ3n) is 7.78. The van der Waals surface area contributed by atoms with Gasteiger partial charge in [-0.1, -0.05) is 97.1 Å². The summed E-state index contributed by atoms with van der Waals surface area (Å²) >= 11 is 0. The first-order valence-corrected chi connectivity index (χ1v) is 11.4. The van der Waals surface area contributed by atoms with Crippen LogP contribution in [-0.4, -0.2) is 4.40 Å². The summed E-state index contributed by atoms with van der Waals surface area (Å²) in [5, 5.41) is 4.16. The molecule has 150 valence electrons. The van der Waals surface area contributed by atoms with Crippen molar-refractivity contribution in [3.8, 4) is 0 Å². The molecule has 2 heteroatoms. The highest BCUT2D eigenvalue weighted by Crippen LogP contribution is 2.49. The second kappa shape index (κ2) is 5.66. The van der Waals surface area contributed by atoms with Crippen molar-refractivity contribution in [2.24, 2.45) is 0 Å². The summed E-state index contributed by atoms with van der Waals surface area (Å²) in [5.74, 6) is 0. The minimum Gasteiger partial charge on any atom is -0.225 e. The maximum Gasteiger partial charge on any atom is 0.295 e.